The third kappa shape index (κ3) is 3.93. The van der Waals surface area contributed by atoms with E-state index in [2.05, 4.69) is 5.32 Å². The van der Waals surface area contributed by atoms with Crippen molar-refractivity contribution >= 4 is 9.84 Å². The van der Waals surface area contributed by atoms with Gasteiger partial charge in [-0.05, 0) is 50.6 Å². The summed E-state index contributed by atoms with van der Waals surface area (Å²) in [6, 6.07) is 0.673. The van der Waals surface area contributed by atoms with Gasteiger partial charge in [-0.3, -0.25) is 0 Å². The number of nitrogens with one attached hydrogen (secondary N) is 1. The van der Waals surface area contributed by atoms with Crippen LogP contribution in [0.25, 0.3) is 0 Å². The summed E-state index contributed by atoms with van der Waals surface area (Å²) in [5.74, 6) is 1.66. The second kappa shape index (κ2) is 6.35. The molecule has 0 bridgehead atoms. The molecular formula is C13H26N2O2S. The zero-order valence-electron chi connectivity index (χ0n) is 11.1. The van der Waals surface area contributed by atoms with Crippen molar-refractivity contribution in [1.82, 2.24) is 5.32 Å². The lowest BCUT2D eigenvalue weighted by Crippen LogP contribution is -2.40. The van der Waals surface area contributed by atoms with Gasteiger partial charge in [0.2, 0.25) is 0 Å². The van der Waals surface area contributed by atoms with E-state index in [1.54, 1.807) is 0 Å². The topological polar surface area (TPSA) is 72.2 Å². The van der Waals surface area contributed by atoms with Gasteiger partial charge in [0.25, 0.3) is 0 Å². The fourth-order valence-electron chi connectivity index (χ4n) is 3.27. The smallest absolute Gasteiger partial charge is 0.150 e. The molecule has 3 N–H and O–H groups in total. The molecule has 0 aromatic heterocycles. The largest absolute Gasteiger partial charge is 0.330 e. The van der Waals surface area contributed by atoms with E-state index in [1.807, 2.05) is 0 Å². The van der Waals surface area contributed by atoms with Crippen LogP contribution in [0.4, 0.5) is 0 Å². The monoisotopic (exact) mass is 274 g/mol. The Morgan fingerprint density at radius 1 is 1.11 bits per heavy atom. The zero-order chi connectivity index (χ0) is 13.0. The summed E-state index contributed by atoms with van der Waals surface area (Å²) < 4.78 is 22.9. The standard InChI is InChI=1S/C13H26N2O2S/c14-9-12(10-15-13-3-1-2-4-13)11-5-7-18(16,17)8-6-11/h11-13,15H,1-10,14H2. The molecule has 1 aliphatic heterocycles. The van der Waals surface area contributed by atoms with Gasteiger partial charge >= 0.3 is 0 Å². The van der Waals surface area contributed by atoms with Crippen molar-refractivity contribution in [3.63, 3.8) is 0 Å². The lowest BCUT2D eigenvalue weighted by atomic mass is 9.87. The maximum atomic E-state index is 11.4. The van der Waals surface area contributed by atoms with E-state index in [4.69, 9.17) is 5.73 Å². The third-order valence-corrected chi connectivity index (χ3v) is 6.31. The highest BCUT2D eigenvalue weighted by Crippen LogP contribution is 2.26. The molecule has 106 valence electrons. The van der Waals surface area contributed by atoms with Crippen molar-refractivity contribution in [2.24, 2.45) is 17.6 Å². The second-order valence-electron chi connectivity index (χ2n) is 5.87. The molecule has 1 heterocycles. The molecule has 4 nitrogen and oxygen atoms in total. The second-order valence-corrected chi connectivity index (χ2v) is 8.18. The van der Waals surface area contributed by atoms with Crippen LogP contribution in [0.2, 0.25) is 0 Å². The number of hydrogen-bond acceptors (Lipinski definition) is 4. The fraction of sp³-hybridized carbons (Fsp3) is 1.00. The lowest BCUT2D eigenvalue weighted by molar-refractivity contribution is 0.290. The summed E-state index contributed by atoms with van der Waals surface area (Å²) in [6.45, 7) is 1.64. The van der Waals surface area contributed by atoms with Crippen LogP contribution >= 0.6 is 0 Å². The Labute approximate surface area is 111 Å². The summed E-state index contributed by atoms with van der Waals surface area (Å²) in [5.41, 5.74) is 5.87. The fourth-order valence-corrected chi connectivity index (χ4v) is 4.80. The van der Waals surface area contributed by atoms with Crippen molar-refractivity contribution in [2.45, 2.75) is 44.6 Å². The zero-order valence-corrected chi connectivity index (χ0v) is 11.9. The maximum absolute atomic E-state index is 11.4. The molecule has 1 aliphatic carbocycles. The normalized spacial score (nSPS) is 27.4. The van der Waals surface area contributed by atoms with Crippen molar-refractivity contribution < 1.29 is 8.42 Å². The van der Waals surface area contributed by atoms with Gasteiger partial charge in [-0.2, -0.15) is 0 Å². The van der Waals surface area contributed by atoms with Crippen LogP contribution in [0.5, 0.6) is 0 Å². The Bertz CT molecular complexity index is 336. The highest BCUT2D eigenvalue weighted by Gasteiger charge is 2.29. The molecule has 2 aliphatic rings. The quantitative estimate of drug-likeness (QED) is 0.782. The average molecular weight is 274 g/mol. The Balaban J connectivity index is 1.77. The van der Waals surface area contributed by atoms with E-state index >= 15 is 0 Å². The Hall–Kier alpha value is -0.130. The molecule has 2 fully saturated rings. The summed E-state index contributed by atoms with van der Waals surface area (Å²) in [6.07, 6.45) is 6.86. The third-order valence-electron chi connectivity index (χ3n) is 4.59. The van der Waals surface area contributed by atoms with Gasteiger partial charge in [0.05, 0.1) is 11.5 Å². The molecule has 1 atom stereocenters. The molecule has 2 rings (SSSR count). The molecule has 1 unspecified atom stereocenters. The van der Waals surface area contributed by atoms with Crippen LogP contribution in [0.1, 0.15) is 38.5 Å². The van der Waals surface area contributed by atoms with Crippen molar-refractivity contribution in [1.29, 1.82) is 0 Å². The molecular weight excluding hydrogens is 248 g/mol. The maximum Gasteiger partial charge on any atom is 0.150 e. The molecule has 18 heavy (non-hydrogen) atoms. The average Bonchev–Trinajstić information content (AvgIpc) is 2.84. The minimum atomic E-state index is -2.75. The summed E-state index contributed by atoms with van der Waals surface area (Å²) in [4.78, 5) is 0. The van der Waals surface area contributed by atoms with Gasteiger partial charge < -0.3 is 11.1 Å². The highest BCUT2D eigenvalue weighted by atomic mass is 32.2. The molecule has 0 radical (unpaired) electrons. The van der Waals surface area contributed by atoms with Gasteiger partial charge in [0.15, 0.2) is 0 Å². The van der Waals surface area contributed by atoms with E-state index in [1.165, 1.54) is 25.7 Å². The van der Waals surface area contributed by atoms with Crippen LogP contribution in [-0.2, 0) is 9.84 Å². The van der Waals surface area contributed by atoms with E-state index in [0.717, 1.165) is 19.4 Å². The molecule has 5 heteroatoms. The van der Waals surface area contributed by atoms with E-state index in [9.17, 15) is 8.42 Å². The Kier molecular flexibility index (Phi) is 5.04. The first-order valence-corrected chi connectivity index (χ1v) is 9.07. The summed E-state index contributed by atoms with van der Waals surface area (Å²) in [7, 11) is -2.75. The van der Waals surface area contributed by atoms with E-state index in [0.29, 0.717) is 35.9 Å². The van der Waals surface area contributed by atoms with Crippen molar-refractivity contribution in [2.75, 3.05) is 24.6 Å². The van der Waals surface area contributed by atoms with Crippen LogP contribution in [0.15, 0.2) is 0 Å². The number of rotatable bonds is 5. The SMILES string of the molecule is NCC(CNC1CCCC1)C1CCS(=O)(=O)CC1. The first-order chi connectivity index (χ1) is 8.61. The predicted octanol–water partition coefficient (Wildman–Crippen LogP) is 0.918. The molecule has 0 spiro atoms. The van der Waals surface area contributed by atoms with Crippen LogP contribution < -0.4 is 11.1 Å². The van der Waals surface area contributed by atoms with E-state index in [-0.39, 0.29) is 0 Å². The highest BCUT2D eigenvalue weighted by molar-refractivity contribution is 7.91. The molecule has 0 aromatic rings. The Morgan fingerprint density at radius 3 is 2.28 bits per heavy atom. The van der Waals surface area contributed by atoms with E-state index < -0.39 is 9.84 Å². The van der Waals surface area contributed by atoms with Gasteiger partial charge in [-0.15, -0.1) is 0 Å². The lowest BCUT2D eigenvalue weighted by Gasteiger charge is -2.30. The Morgan fingerprint density at radius 2 is 1.72 bits per heavy atom. The van der Waals surface area contributed by atoms with Crippen molar-refractivity contribution in [3.8, 4) is 0 Å². The van der Waals surface area contributed by atoms with Crippen LogP contribution in [0.3, 0.4) is 0 Å². The van der Waals surface area contributed by atoms with Crippen molar-refractivity contribution in [3.05, 3.63) is 0 Å². The summed E-state index contributed by atoms with van der Waals surface area (Å²) >= 11 is 0. The number of nitrogens with two attached hydrogens (primary N) is 1. The first-order valence-electron chi connectivity index (χ1n) is 7.24. The molecule has 1 saturated heterocycles. The van der Waals surface area contributed by atoms with Gasteiger partial charge in [-0.25, -0.2) is 8.42 Å². The van der Waals surface area contributed by atoms with Gasteiger partial charge in [0, 0.05) is 6.04 Å². The molecule has 0 amide bonds. The first kappa shape index (κ1) is 14.3. The van der Waals surface area contributed by atoms with Crippen LogP contribution in [0, 0.1) is 11.8 Å². The molecule has 0 aromatic carbocycles. The number of sulfone groups is 1. The minimum Gasteiger partial charge on any atom is -0.330 e. The predicted molar refractivity (Wildman–Crippen MR) is 74.2 cm³/mol. The van der Waals surface area contributed by atoms with Gasteiger partial charge in [-0.1, -0.05) is 12.8 Å². The van der Waals surface area contributed by atoms with Crippen LogP contribution in [-0.4, -0.2) is 39.1 Å². The molecule has 1 saturated carbocycles. The minimum absolute atomic E-state index is 0.359. The van der Waals surface area contributed by atoms with Gasteiger partial charge in [0.1, 0.15) is 9.84 Å². The summed E-state index contributed by atoms with van der Waals surface area (Å²) in [5, 5.41) is 3.62. The number of hydrogen-bond donors (Lipinski definition) is 2.